The standard InChI is InChI=1S/C22H30FN3Si.C16H24ClFN2Si.C16H25ClN2Si.C13H10FN3.C12H10FNO4S2.C11H9ClN4O.C7H5ClN2.C6H8BNO2.C4H8O/c1-14(2)27(15(3)4,16(5)6)26-11-9-19-21(20(23)13-25-22(19)26)18-8-10-24-17(7)12-18;1-10(2)21(11(3)4,12(5)6)20-8-7-13-15(17)14(18)9-19-16(13)20;1-11(2)20(12(3)4,13(5)6)19-10-8-14-15(17)7-9-18-16(14)19;1-8-6-9(2-4-15-8)12-10-3-5-16-13(10)17-7-11(12)14;13-14(19(15,16)11-7-3-1-4-8-11)20(17,18)12-9-5-2-6-10-12;12-5-11(17)16-10-2-1-8(6-15-10)9-7-13-3-4-14-9;8-6-2-4-10-7-5(6)1-3-9-7;1-5-4-6(7(9)10)2-3-8-5;1-2-4-5-3-1/h8-16H,1-7H3;7-12H,1-6H3;7-13H,1-6H3;2-7H,1H3,(H,16,17);1-10H;1-4,6-7H,5H2,(H,15,16,17);1-4H,(H,9,10);2-4,9-10H,1H3;1-4H2. The quantitative estimate of drug-likeness (QED) is 0.0182. The number of carbonyl (C=O) groups is 1. The van der Waals surface area contributed by atoms with Crippen molar-refractivity contribution >= 4 is 171 Å². The van der Waals surface area contributed by atoms with Crippen LogP contribution in [0.15, 0.2) is 267 Å². The molecule has 1 aliphatic heterocycles. The monoisotopic (exact) mass is 2170 g/mol. The Kier molecular flexibility index (Phi) is 42.3. The summed E-state index contributed by atoms with van der Waals surface area (Å²) in [7, 11) is -16.5. The summed E-state index contributed by atoms with van der Waals surface area (Å²) in [5.74, 6) is -0.963. The Labute approximate surface area is 882 Å². The molecule has 40 heteroatoms. The van der Waals surface area contributed by atoms with Crippen molar-refractivity contribution in [2.75, 3.05) is 24.4 Å². The fraction of sp³-hybridized carbons (Fsp3) is 0.327. The van der Waals surface area contributed by atoms with E-state index in [0.717, 1.165) is 137 Å². The number of H-pyrrole nitrogens is 2. The lowest BCUT2D eigenvalue weighted by Gasteiger charge is -2.44. The van der Waals surface area contributed by atoms with Crippen molar-refractivity contribution < 1.29 is 54.1 Å². The summed E-state index contributed by atoms with van der Waals surface area (Å²) in [4.78, 5) is 62.2. The third-order valence-corrected chi connectivity index (χ3v) is 51.4. The van der Waals surface area contributed by atoms with Crippen LogP contribution in [0.2, 0.25) is 64.9 Å². The van der Waals surface area contributed by atoms with Gasteiger partial charge in [0.05, 0.1) is 59.3 Å². The predicted octanol–water partition coefficient (Wildman–Crippen LogP) is 27.0. The Balaban J connectivity index is 0.000000173. The van der Waals surface area contributed by atoms with Gasteiger partial charge in [0.2, 0.25) is 5.91 Å². The molecule has 1 aliphatic rings. The number of pyridine rings is 9. The number of aromatic nitrogens is 16. The van der Waals surface area contributed by atoms with E-state index in [2.05, 4.69) is 232 Å². The van der Waals surface area contributed by atoms with Gasteiger partial charge in [-0.1, -0.05) is 196 Å². The van der Waals surface area contributed by atoms with Crippen LogP contribution in [-0.4, -0.2) is 165 Å². The number of rotatable bonds is 22. The number of alkyl halides is 1. The summed E-state index contributed by atoms with van der Waals surface area (Å²) in [5.41, 5.74) is 17.0. The highest BCUT2D eigenvalue weighted by Gasteiger charge is 2.49. The van der Waals surface area contributed by atoms with Gasteiger partial charge in [0.1, 0.15) is 51.6 Å². The van der Waals surface area contributed by atoms with E-state index in [1.807, 2.05) is 74.8 Å². The van der Waals surface area contributed by atoms with Crippen molar-refractivity contribution in [2.24, 2.45) is 0 Å². The lowest BCUT2D eigenvalue weighted by atomic mass is 9.81. The summed E-state index contributed by atoms with van der Waals surface area (Å²) in [5, 5.41) is 26.1. The van der Waals surface area contributed by atoms with Gasteiger partial charge in [0.15, 0.2) is 30.5 Å². The number of hydrogen-bond acceptors (Lipinski definition) is 19. The van der Waals surface area contributed by atoms with E-state index >= 15 is 0 Å². The zero-order valence-electron chi connectivity index (χ0n) is 86.5. The third kappa shape index (κ3) is 27.4. The first-order valence-corrected chi connectivity index (χ1v) is 59.5. The maximum Gasteiger partial charge on any atom is 0.488 e. The number of halogens is 8. The summed E-state index contributed by atoms with van der Waals surface area (Å²) in [6.07, 6.45) is 31.4. The minimum absolute atomic E-state index is 0.0897. The lowest BCUT2D eigenvalue weighted by molar-refractivity contribution is -0.114. The van der Waals surface area contributed by atoms with E-state index in [1.165, 1.54) is 67.8 Å². The van der Waals surface area contributed by atoms with E-state index in [0.29, 0.717) is 77.9 Å². The second-order valence-corrected chi connectivity index (χ2v) is 60.4. The molecule has 2 aromatic carbocycles. The topological polar surface area (TPSA) is 338 Å². The molecule has 0 aliphatic carbocycles. The van der Waals surface area contributed by atoms with Crippen LogP contribution in [0, 0.1) is 38.2 Å². The zero-order chi connectivity index (χ0) is 108. The van der Waals surface area contributed by atoms with E-state index in [-0.39, 0.29) is 28.4 Å². The molecule has 0 unspecified atom stereocenters. The van der Waals surface area contributed by atoms with Gasteiger partial charge in [0, 0.05) is 136 Å². The van der Waals surface area contributed by atoms with Crippen molar-refractivity contribution in [1.82, 2.24) is 81.4 Å². The second-order valence-electron chi connectivity index (χ2n) is 38.1. The molecule has 0 atom stereocenters. The molecule has 0 saturated carbocycles. The number of nitrogens with one attached hydrogen (secondary N) is 3. The van der Waals surface area contributed by atoms with E-state index in [4.69, 9.17) is 61.2 Å². The first-order valence-electron chi connectivity index (χ1n) is 48.4. The molecule has 26 nitrogen and oxygen atoms in total. The molecule has 1 fully saturated rings. The van der Waals surface area contributed by atoms with Gasteiger partial charge >= 0.3 is 7.12 Å². The van der Waals surface area contributed by atoms with Crippen LogP contribution in [-0.2, 0) is 29.6 Å². The van der Waals surface area contributed by atoms with Gasteiger partial charge in [-0.05, 0) is 234 Å². The number of benzene rings is 2. The van der Waals surface area contributed by atoms with Gasteiger partial charge in [-0.15, -0.1) is 16.1 Å². The van der Waals surface area contributed by atoms with Crippen molar-refractivity contribution in [1.29, 1.82) is 0 Å². The number of nitrogens with zero attached hydrogens (tertiary/aromatic N) is 15. The van der Waals surface area contributed by atoms with Crippen molar-refractivity contribution in [3.05, 3.63) is 307 Å². The van der Waals surface area contributed by atoms with Crippen LogP contribution >= 0.6 is 46.4 Å². The molecular weight excluding hydrogens is 2040 g/mol. The molecular formula is C107H129BCl4F4N18O8S2Si3. The molecule has 0 spiro atoms. The molecule has 0 bridgehead atoms. The van der Waals surface area contributed by atoms with E-state index < -0.39 is 71.4 Å². The van der Waals surface area contributed by atoms with Crippen LogP contribution in [0.1, 0.15) is 155 Å². The highest BCUT2D eigenvalue weighted by molar-refractivity contribution is 8.03. The Bertz CT molecular complexity index is 7290. The third-order valence-electron chi connectivity index (χ3n) is 26.2. The van der Waals surface area contributed by atoms with Crippen molar-refractivity contribution in [2.45, 2.75) is 218 Å². The number of sulfonamides is 2. The molecule has 1 saturated heterocycles. The number of fused-ring (bicyclic) bond motifs is 5. The second kappa shape index (κ2) is 53.0. The number of amides is 1. The molecule has 0 radical (unpaired) electrons. The SMILES string of the molecule is C1CCOC1.CC(C)[Si](C(C)C)(C(C)C)n1ccc2c(Cl)c(F)cnc21.CC(C)[Si](C(C)C)(C(C)C)n1ccc2c(Cl)ccnc21.Cc1cc(-c2c(F)cnc3[nH]ccc23)ccn1.Cc1cc(-c2c(F)cnc3c2ccn3[Si](C(C)C)(C(C)C)C(C)C)ccn1.Cc1cc(B(O)O)ccn1.Clc1ccnc2[nH]ccc12.O=C(CCl)Nc1ccc(-c2cnccn2)cn1.O=S(=O)(c1ccccc1)N(F)S(=O)(=O)c1ccccc1. The Morgan fingerprint density at radius 1 is 0.435 bits per heavy atom. The zero-order valence-corrected chi connectivity index (χ0v) is 94.1. The Morgan fingerprint density at radius 2 is 0.844 bits per heavy atom. The molecule has 18 rings (SSSR count). The first-order chi connectivity index (χ1) is 69.8. The summed E-state index contributed by atoms with van der Waals surface area (Å²) in [6.45, 7) is 49.5. The molecule has 17 aromatic rings. The lowest BCUT2D eigenvalue weighted by Crippen LogP contribution is -2.51. The van der Waals surface area contributed by atoms with Gasteiger partial charge < -0.3 is 42.8 Å². The van der Waals surface area contributed by atoms with Gasteiger partial charge in [-0.2, -0.15) is 0 Å². The average molecular weight is 2170 g/mol. The van der Waals surface area contributed by atoms with Gasteiger partial charge in [-0.25, -0.2) is 59.9 Å². The van der Waals surface area contributed by atoms with Crippen LogP contribution in [0.3, 0.4) is 0 Å². The Morgan fingerprint density at radius 3 is 1.26 bits per heavy atom. The smallest absolute Gasteiger partial charge is 0.423 e. The first kappa shape index (κ1) is 117. The largest absolute Gasteiger partial charge is 0.488 e. The molecule has 147 heavy (non-hydrogen) atoms. The maximum atomic E-state index is 14.8. The fourth-order valence-corrected chi connectivity index (χ4v) is 43.6. The number of aryl methyl sites for hydroxylation is 3. The number of hydrogen-bond donors (Lipinski definition) is 5. The summed E-state index contributed by atoms with van der Waals surface area (Å²) >= 11 is 23.6. The van der Waals surface area contributed by atoms with Crippen LogP contribution in [0.4, 0.5) is 23.5 Å². The molecule has 15 aromatic heterocycles. The predicted molar refractivity (Wildman–Crippen MR) is 595 cm³/mol. The summed E-state index contributed by atoms with van der Waals surface area (Å²) < 4.78 is 115. The highest BCUT2D eigenvalue weighted by Crippen LogP contribution is 2.49. The molecule has 5 N–H and O–H groups in total. The minimum Gasteiger partial charge on any atom is -0.423 e. The van der Waals surface area contributed by atoms with Crippen molar-refractivity contribution in [3.63, 3.8) is 0 Å². The van der Waals surface area contributed by atoms with Crippen molar-refractivity contribution in [3.8, 4) is 33.5 Å². The van der Waals surface area contributed by atoms with Crippen LogP contribution < -0.4 is 10.8 Å². The average Bonchev–Trinajstić information content (AvgIpc) is 1.59. The normalized spacial score (nSPS) is 12.3. The number of aromatic amines is 2. The minimum atomic E-state index is -4.77. The van der Waals surface area contributed by atoms with E-state index in [9.17, 15) is 39.3 Å². The molecule has 16 heterocycles. The molecule has 1 amide bonds. The van der Waals surface area contributed by atoms with Crippen LogP contribution in [0.5, 0.6) is 0 Å². The number of ether oxygens (including phenoxy) is 1. The molecule has 778 valence electrons. The fourth-order valence-electron chi connectivity index (χ4n) is 20.4. The van der Waals surface area contributed by atoms with Crippen LogP contribution in [0.25, 0.3) is 88.7 Å². The van der Waals surface area contributed by atoms with E-state index in [1.54, 1.807) is 99.1 Å². The Hall–Kier alpha value is -11.6. The maximum absolute atomic E-state index is 14.8. The summed E-state index contributed by atoms with van der Waals surface area (Å²) in [6, 6.07) is 40.6. The van der Waals surface area contributed by atoms with Gasteiger partial charge in [0.25, 0.3) is 20.0 Å². The highest BCUT2D eigenvalue weighted by atomic mass is 35.5. The number of carbonyl (C=O) groups excluding carboxylic acids is 1. The van der Waals surface area contributed by atoms with Gasteiger partial charge in [-0.3, -0.25) is 29.7 Å². The number of anilines is 1.